The van der Waals surface area contributed by atoms with Crippen LogP contribution in [-0.2, 0) is 10.2 Å². The van der Waals surface area contributed by atoms with Gasteiger partial charge in [-0.1, -0.05) is 50.2 Å². The summed E-state index contributed by atoms with van der Waals surface area (Å²) in [5.74, 6) is 0.314. The van der Waals surface area contributed by atoms with Gasteiger partial charge in [-0.3, -0.25) is 0 Å². The standard InChI is InChI=1S/C15H16O2.C11H14O2/c1-15(2,11-3-7-13(16)8-4-11)12-5-9-14(17)10-6-12;1-4-13-11(12)10-7-5-6-8(2)9(10)3/h3-10,16-17H,1-2H3;5-7H,4H2,1-3H3. The first kappa shape index (κ1) is 23.0. The second-order valence-electron chi connectivity index (χ2n) is 7.69. The number of rotatable bonds is 4. The third-order valence-corrected chi connectivity index (χ3v) is 5.28. The van der Waals surface area contributed by atoms with Gasteiger partial charge in [-0.05, 0) is 73.4 Å². The van der Waals surface area contributed by atoms with Crippen LogP contribution in [0.2, 0.25) is 0 Å². The number of hydrogen-bond acceptors (Lipinski definition) is 4. The van der Waals surface area contributed by atoms with Gasteiger partial charge in [0, 0.05) is 5.41 Å². The van der Waals surface area contributed by atoms with Crippen molar-refractivity contribution < 1.29 is 19.7 Å². The molecule has 3 aromatic carbocycles. The molecule has 0 amide bonds. The normalized spacial score (nSPS) is 10.7. The van der Waals surface area contributed by atoms with E-state index >= 15 is 0 Å². The molecule has 158 valence electrons. The van der Waals surface area contributed by atoms with Crippen LogP contribution in [0, 0.1) is 13.8 Å². The highest BCUT2D eigenvalue weighted by Gasteiger charge is 2.22. The molecule has 0 atom stereocenters. The van der Waals surface area contributed by atoms with Crippen LogP contribution in [0.25, 0.3) is 0 Å². The minimum absolute atomic E-state index is 0.151. The minimum Gasteiger partial charge on any atom is -0.508 e. The summed E-state index contributed by atoms with van der Waals surface area (Å²) in [6.45, 7) is 10.4. The van der Waals surface area contributed by atoms with Crippen LogP contribution < -0.4 is 0 Å². The maximum absolute atomic E-state index is 11.4. The molecule has 0 saturated carbocycles. The Morgan fingerprint density at radius 2 is 1.30 bits per heavy atom. The molecule has 2 N–H and O–H groups in total. The van der Waals surface area contributed by atoms with E-state index in [0.717, 1.165) is 22.3 Å². The number of ether oxygens (including phenoxy) is 1. The molecule has 30 heavy (non-hydrogen) atoms. The Labute approximate surface area is 178 Å². The van der Waals surface area contributed by atoms with E-state index in [1.807, 2.05) is 57.2 Å². The first-order valence-corrected chi connectivity index (χ1v) is 9.99. The van der Waals surface area contributed by atoms with Crippen molar-refractivity contribution in [2.45, 2.75) is 40.0 Å². The molecule has 0 radical (unpaired) electrons. The van der Waals surface area contributed by atoms with Gasteiger partial charge in [-0.2, -0.15) is 0 Å². The largest absolute Gasteiger partial charge is 0.508 e. The fraction of sp³-hybridized carbons (Fsp3) is 0.269. The molecular weight excluding hydrogens is 376 g/mol. The van der Waals surface area contributed by atoms with Gasteiger partial charge in [-0.25, -0.2) is 4.79 Å². The lowest BCUT2D eigenvalue weighted by molar-refractivity contribution is 0.0525. The average Bonchev–Trinajstić information content (AvgIpc) is 2.71. The summed E-state index contributed by atoms with van der Waals surface area (Å²) in [5, 5.41) is 18.6. The van der Waals surface area contributed by atoms with Crippen LogP contribution in [0.1, 0.15) is 53.4 Å². The van der Waals surface area contributed by atoms with Gasteiger partial charge in [0.05, 0.1) is 12.2 Å². The molecule has 0 aromatic heterocycles. The predicted octanol–water partition coefficient (Wildman–Crippen LogP) is 5.90. The number of carbonyl (C=O) groups excluding carboxylic acids is 1. The first-order valence-electron chi connectivity index (χ1n) is 9.99. The Hall–Kier alpha value is -3.27. The fourth-order valence-corrected chi connectivity index (χ4v) is 3.10. The third kappa shape index (κ3) is 5.63. The Morgan fingerprint density at radius 3 is 1.73 bits per heavy atom. The van der Waals surface area contributed by atoms with E-state index in [1.54, 1.807) is 30.3 Å². The molecule has 0 spiro atoms. The summed E-state index contributed by atoms with van der Waals surface area (Å²) in [6, 6.07) is 20.1. The number of carbonyl (C=O) groups is 1. The lowest BCUT2D eigenvalue weighted by Gasteiger charge is -2.26. The molecular formula is C26H30O4. The summed E-state index contributed by atoms with van der Waals surface area (Å²) < 4.78 is 4.92. The first-order chi connectivity index (χ1) is 14.2. The van der Waals surface area contributed by atoms with Crippen LogP contribution in [0.15, 0.2) is 66.7 Å². The van der Waals surface area contributed by atoms with E-state index in [0.29, 0.717) is 12.2 Å². The summed E-state index contributed by atoms with van der Waals surface area (Å²) in [6.07, 6.45) is 0. The smallest absolute Gasteiger partial charge is 0.338 e. The lowest BCUT2D eigenvalue weighted by Crippen LogP contribution is -2.18. The molecule has 0 saturated heterocycles. The monoisotopic (exact) mass is 406 g/mol. The van der Waals surface area contributed by atoms with Gasteiger partial charge in [0.25, 0.3) is 0 Å². The van der Waals surface area contributed by atoms with Gasteiger partial charge in [0.1, 0.15) is 11.5 Å². The number of hydrogen-bond donors (Lipinski definition) is 2. The number of phenols is 2. The predicted molar refractivity (Wildman–Crippen MR) is 120 cm³/mol. The second-order valence-corrected chi connectivity index (χ2v) is 7.69. The van der Waals surface area contributed by atoms with E-state index < -0.39 is 0 Å². The molecule has 0 fully saturated rings. The quantitative estimate of drug-likeness (QED) is 0.529. The maximum Gasteiger partial charge on any atom is 0.338 e. The highest BCUT2D eigenvalue weighted by molar-refractivity contribution is 5.91. The number of phenolic OH excluding ortho intramolecular Hbond substituents is 2. The van der Waals surface area contributed by atoms with Gasteiger partial charge >= 0.3 is 5.97 Å². The number of esters is 1. The SMILES string of the molecule is CC(C)(c1ccc(O)cc1)c1ccc(O)cc1.CCOC(=O)c1cccc(C)c1C. The highest BCUT2D eigenvalue weighted by Crippen LogP contribution is 2.32. The molecule has 0 bridgehead atoms. The van der Waals surface area contributed by atoms with Crippen molar-refractivity contribution in [1.29, 1.82) is 0 Å². The Morgan fingerprint density at radius 1 is 0.833 bits per heavy atom. The lowest BCUT2D eigenvalue weighted by atomic mass is 9.78. The van der Waals surface area contributed by atoms with E-state index in [2.05, 4.69) is 13.8 Å². The second kappa shape index (κ2) is 9.97. The Kier molecular flexibility index (Phi) is 7.65. The van der Waals surface area contributed by atoms with E-state index in [4.69, 9.17) is 4.74 Å². The van der Waals surface area contributed by atoms with Gasteiger partial charge in [-0.15, -0.1) is 0 Å². The molecule has 4 heteroatoms. The molecule has 0 unspecified atom stereocenters. The maximum atomic E-state index is 11.4. The topological polar surface area (TPSA) is 66.8 Å². The average molecular weight is 407 g/mol. The van der Waals surface area contributed by atoms with E-state index in [-0.39, 0.29) is 22.9 Å². The number of aryl methyl sites for hydroxylation is 1. The van der Waals surface area contributed by atoms with E-state index in [1.165, 1.54) is 0 Å². The zero-order valence-electron chi connectivity index (χ0n) is 18.3. The molecule has 0 aliphatic carbocycles. The molecule has 0 aliphatic heterocycles. The van der Waals surface area contributed by atoms with Crippen molar-refractivity contribution in [2.75, 3.05) is 6.61 Å². The van der Waals surface area contributed by atoms with Crippen molar-refractivity contribution in [3.8, 4) is 11.5 Å². The minimum atomic E-state index is -0.233. The molecule has 0 aliphatic rings. The molecule has 3 rings (SSSR count). The summed E-state index contributed by atoms with van der Waals surface area (Å²) >= 11 is 0. The Bertz CT molecular complexity index is 923. The highest BCUT2D eigenvalue weighted by atomic mass is 16.5. The molecule has 3 aromatic rings. The zero-order chi connectivity index (χ0) is 22.3. The Balaban J connectivity index is 0.000000222. The zero-order valence-corrected chi connectivity index (χ0v) is 18.3. The third-order valence-electron chi connectivity index (χ3n) is 5.28. The van der Waals surface area contributed by atoms with Gasteiger partial charge in [0.2, 0.25) is 0 Å². The molecule has 0 heterocycles. The van der Waals surface area contributed by atoms with Gasteiger partial charge in [0.15, 0.2) is 0 Å². The van der Waals surface area contributed by atoms with Crippen LogP contribution >= 0.6 is 0 Å². The molecule has 4 nitrogen and oxygen atoms in total. The van der Waals surface area contributed by atoms with Crippen LogP contribution in [0.3, 0.4) is 0 Å². The fourth-order valence-electron chi connectivity index (χ4n) is 3.10. The number of aromatic hydroxyl groups is 2. The summed E-state index contributed by atoms with van der Waals surface area (Å²) in [5.41, 5.74) is 4.89. The number of benzene rings is 3. The van der Waals surface area contributed by atoms with Crippen LogP contribution in [-0.4, -0.2) is 22.8 Å². The van der Waals surface area contributed by atoms with E-state index in [9.17, 15) is 15.0 Å². The van der Waals surface area contributed by atoms with Crippen molar-refractivity contribution in [1.82, 2.24) is 0 Å². The van der Waals surface area contributed by atoms with Crippen molar-refractivity contribution in [3.05, 3.63) is 94.5 Å². The van der Waals surface area contributed by atoms with Crippen molar-refractivity contribution in [3.63, 3.8) is 0 Å². The summed E-state index contributed by atoms with van der Waals surface area (Å²) in [4.78, 5) is 11.4. The van der Waals surface area contributed by atoms with Gasteiger partial charge < -0.3 is 14.9 Å². The van der Waals surface area contributed by atoms with Crippen molar-refractivity contribution in [2.24, 2.45) is 0 Å². The summed E-state index contributed by atoms with van der Waals surface area (Å²) in [7, 11) is 0. The van der Waals surface area contributed by atoms with Crippen LogP contribution in [0.4, 0.5) is 0 Å². The van der Waals surface area contributed by atoms with Crippen molar-refractivity contribution >= 4 is 5.97 Å². The van der Waals surface area contributed by atoms with Crippen LogP contribution in [0.5, 0.6) is 11.5 Å².